The lowest BCUT2D eigenvalue weighted by atomic mass is 10.2. The molecular formula is C12H12F3NO5. The average Bonchev–Trinajstić information content (AvgIpc) is 2.41. The summed E-state index contributed by atoms with van der Waals surface area (Å²) in [4.78, 5) is 21.9. The van der Waals surface area contributed by atoms with Gasteiger partial charge < -0.3 is 19.9 Å². The summed E-state index contributed by atoms with van der Waals surface area (Å²) < 4.78 is 45.5. The molecule has 1 aromatic carbocycles. The Labute approximate surface area is 117 Å². The molecule has 1 amide bonds. The Morgan fingerprint density at radius 3 is 2.48 bits per heavy atom. The minimum absolute atomic E-state index is 0.0460. The summed E-state index contributed by atoms with van der Waals surface area (Å²) in [5, 5.41) is 10.4. The highest BCUT2D eigenvalue weighted by Gasteiger charge is 2.27. The van der Waals surface area contributed by atoms with E-state index in [1.807, 2.05) is 0 Å². The van der Waals surface area contributed by atoms with Crippen molar-refractivity contribution in [2.45, 2.75) is 6.18 Å². The molecule has 0 aliphatic carbocycles. The lowest BCUT2D eigenvalue weighted by Crippen LogP contribution is -2.36. The van der Waals surface area contributed by atoms with Gasteiger partial charge in [-0.1, -0.05) is 0 Å². The highest BCUT2D eigenvalue weighted by Crippen LogP contribution is 2.28. The lowest BCUT2D eigenvalue weighted by molar-refractivity contribution is -0.139. The molecule has 116 valence electrons. The van der Waals surface area contributed by atoms with Crippen molar-refractivity contribution >= 4 is 11.9 Å². The van der Waals surface area contributed by atoms with E-state index in [1.165, 1.54) is 25.3 Å². The second-order valence-electron chi connectivity index (χ2n) is 3.85. The number of hydrogen-bond donors (Lipinski definition) is 2. The van der Waals surface area contributed by atoms with Crippen LogP contribution in [0.4, 0.5) is 13.2 Å². The van der Waals surface area contributed by atoms with Gasteiger partial charge in [0.05, 0.1) is 12.7 Å². The number of carbonyl (C=O) groups is 2. The second kappa shape index (κ2) is 6.82. The summed E-state index contributed by atoms with van der Waals surface area (Å²) in [7, 11) is 1.26. The molecule has 0 saturated heterocycles. The Morgan fingerprint density at radius 1 is 1.29 bits per heavy atom. The molecule has 0 bridgehead atoms. The van der Waals surface area contributed by atoms with Gasteiger partial charge in [0.1, 0.15) is 6.54 Å². The fourth-order valence-electron chi connectivity index (χ4n) is 1.31. The van der Waals surface area contributed by atoms with Crippen LogP contribution in [-0.2, 0) is 4.79 Å². The fourth-order valence-corrected chi connectivity index (χ4v) is 1.31. The number of halogens is 3. The van der Waals surface area contributed by atoms with Gasteiger partial charge in [-0.25, -0.2) is 4.79 Å². The molecule has 0 aromatic heterocycles. The van der Waals surface area contributed by atoms with Crippen molar-refractivity contribution < 1.29 is 37.3 Å². The molecule has 2 N–H and O–H groups in total. The van der Waals surface area contributed by atoms with Crippen molar-refractivity contribution in [2.24, 2.45) is 0 Å². The van der Waals surface area contributed by atoms with Crippen LogP contribution < -0.4 is 14.8 Å². The monoisotopic (exact) mass is 307 g/mol. The van der Waals surface area contributed by atoms with Crippen molar-refractivity contribution in [3.8, 4) is 11.5 Å². The van der Waals surface area contributed by atoms with Gasteiger partial charge in [0.15, 0.2) is 18.1 Å². The van der Waals surface area contributed by atoms with Crippen molar-refractivity contribution in [3.63, 3.8) is 0 Å². The number of aromatic carboxylic acids is 1. The van der Waals surface area contributed by atoms with E-state index >= 15 is 0 Å². The van der Waals surface area contributed by atoms with Gasteiger partial charge in [0.25, 0.3) is 5.91 Å². The Hall–Kier alpha value is -2.45. The van der Waals surface area contributed by atoms with Crippen LogP contribution in [0.5, 0.6) is 11.5 Å². The molecule has 0 unspecified atom stereocenters. The number of rotatable bonds is 6. The number of ether oxygens (including phenoxy) is 2. The number of alkyl halides is 3. The Kier molecular flexibility index (Phi) is 5.39. The minimum Gasteiger partial charge on any atom is -0.493 e. The summed E-state index contributed by atoms with van der Waals surface area (Å²) in [5.74, 6) is -2.04. The molecule has 0 saturated carbocycles. The predicted octanol–water partition coefficient (Wildman–Crippen LogP) is 1.45. The molecule has 1 rings (SSSR count). The van der Waals surface area contributed by atoms with Crippen LogP contribution in [0.3, 0.4) is 0 Å². The number of benzene rings is 1. The highest BCUT2D eigenvalue weighted by molar-refractivity contribution is 5.88. The van der Waals surface area contributed by atoms with Crippen molar-refractivity contribution in [1.29, 1.82) is 0 Å². The highest BCUT2D eigenvalue weighted by atomic mass is 19.4. The molecular weight excluding hydrogens is 295 g/mol. The van der Waals surface area contributed by atoms with Gasteiger partial charge >= 0.3 is 12.1 Å². The summed E-state index contributed by atoms with van der Waals surface area (Å²) in [6.45, 7) is -2.11. The van der Waals surface area contributed by atoms with Gasteiger partial charge in [-0.05, 0) is 18.2 Å². The van der Waals surface area contributed by atoms with Crippen LogP contribution in [0.25, 0.3) is 0 Å². The number of nitrogens with one attached hydrogen (secondary N) is 1. The van der Waals surface area contributed by atoms with Crippen LogP contribution in [0.15, 0.2) is 18.2 Å². The van der Waals surface area contributed by atoms with E-state index in [0.717, 1.165) is 0 Å². The van der Waals surface area contributed by atoms with Gasteiger partial charge in [-0.3, -0.25) is 4.79 Å². The maximum Gasteiger partial charge on any atom is 0.405 e. The molecule has 21 heavy (non-hydrogen) atoms. The van der Waals surface area contributed by atoms with E-state index in [4.69, 9.17) is 14.6 Å². The smallest absolute Gasteiger partial charge is 0.405 e. The van der Waals surface area contributed by atoms with Gasteiger partial charge in [-0.15, -0.1) is 0 Å². The molecule has 1 aromatic rings. The molecule has 0 radical (unpaired) electrons. The summed E-state index contributed by atoms with van der Waals surface area (Å²) >= 11 is 0. The van der Waals surface area contributed by atoms with Gasteiger partial charge in [-0.2, -0.15) is 13.2 Å². The van der Waals surface area contributed by atoms with Crippen LogP contribution in [0, 0.1) is 0 Å². The molecule has 0 aliphatic heterocycles. The van der Waals surface area contributed by atoms with E-state index < -0.39 is 31.2 Å². The van der Waals surface area contributed by atoms with Crippen molar-refractivity contribution in [1.82, 2.24) is 5.32 Å². The second-order valence-corrected chi connectivity index (χ2v) is 3.85. The van der Waals surface area contributed by atoms with Crippen LogP contribution in [0.2, 0.25) is 0 Å². The molecule has 0 heterocycles. The third-order valence-corrected chi connectivity index (χ3v) is 2.26. The molecule has 0 aliphatic rings. The quantitative estimate of drug-likeness (QED) is 0.831. The van der Waals surface area contributed by atoms with Gasteiger partial charge in [0.2, 0.25) is 0 Å². The minimum atomic E-state index is -4.50. The Morgan fingerprint density at radius 2 is 1.95 bits per heavy atom. The molecule has 0 fully saturated rings. The maximum atomic E-state index is 11.9. The predicted molar refractivity (Wildman–Crippen MR) is 64.5 cm³/mol. The van der Waals surface area contributed by atoms with E-state index in [2.05, 4.69) is 0 Å². The number of hydrogen-bond acceptors (Lipinski definition) is 4. The molecule has 0 atom stereocenters. The normalized spacial score (nSPS) is 10.9. The van der Waals surface area contributed by atoms with Crippen LogP contribution >= 0.6 is 0 Å². The van der Waals surface area contributed by atoms with E-state index in [1.54, 1.807) is 5.32 Å². The van der Waals surface area contributed by atoms with E-state index in [9.17, 15) is 22.8 Å². The summed E-state index contributed by atoms with van der Waals surface area (Å²) in [6, 6.07) is 3.64. The zero-order chi connectivity index (χ0) is 16.0. The van der Waals surface area contributed by atoms with E-state index in [0.29, 0.717) is 0 Å². The first-order valence-electron chi connectivity index (χ1n) is 5.60. The number of carboxylic acid groups (broad SMARTS) is 1. The first-order chi connectivity index (χ1) is 9.73. The van der Waals surface area contributed by atoms with E-state index in [-0.39, 0.29) is 17.1 Å². The first kappa shape index (κ1) is 16.6. The molecule has 6 nitrogen and oxygen atoms in total. The zero-order valence-corrected chi connectivity index (χ0v) is 10.9. The third kappa shape index (κ3) is 5.59. The average molecular weight is 307 g/mol. The zero-order valence-electron chi connectivity index (χ0n) is 10.9. The number of amides is 1. The fraction of sp³-hybridized carbons (Fsp3) is 0.333. The van der Waals surface area contributed by atoms with Crippen molar-refractivity contribution in [2.75, 3.05) is 20.3 Å². The van der Waals surface area contributed by atoms with Crippen molar-refractivity contribution in [3.05, 3.63) is 23.8 Å². The van der Waals surface area contributed by atoms with Gasteiger partial charge in [0, 0.05) is 0 Å². The maximum absolute atomic E-state index is 11.9. The molecule has 0 spiro atoms. The lowest BCUT2D eigenvalue weighted by Gasteiger charge is -2.12. The largest absolute Gasteiger partial charge is 0.493 e. The number of carboxylic acids is 1. The topological polar surface area (TPSA) is 84.9 Å². The third-order valence-electron chi connectivity index (χ3n) is 2.26. The Balaban J connectivity index is 2.63. The van der Waals surface area contributed by atoms with Crippen LogP contribution in [-0.4, -0.2) is 43.4 Å². The SMILES string of the molecule is COc1cc(C(=O)O)ccc1OCC(=O)NCC(F)(F)F. The number of methoxy groups -OCH3 is 1. The van der Waals surface area contributed by atoms with Crippen LogP contribution in [0.1, 0.15) is 10.4 Å². The molecule has 9 heteroatoms. The number of carbonyl (C=O) groups excluding carboxylic acids is 1. The Bertz CT molecular complexity index is 530. The summed E-state index contributed by atoms with van der Waals surface area (Å²) in [6.07, 6.45) is -4.50. The first-order valence-corrected chi connectivity index (χ1v) is 5.60. The standard InChI is InChI=1S/C12H12F3NO5/c1-20-9-4-7(11(18)19)2-3-8(9)21-5-10(17)16-6-12(13,14)15/h2-4H,5-6H2,1H3,(H,16,17)(H,18,19). The summed E-state index contributed by atoms with van der Waals surface area (Å²) in [5.41, 5.74) is -0.0549.